The highest BCUT2D eigenvalue weighted by molar-refractivity contribution is 7.92. The topological polar surface area (TPSA) is 63.4 Å². The van der Waals surface area contributed by atoms with Gasteiger partial charge < -0.3 is 5.73 Å². The third-order valence-corrected chi connectivity index (χ3v) is 5.06. The van der Waals surface area contributed by atoms with Gasteiger partial charge in [-0.05, 0) is 49.2 Å². The predicted molar refractivity (Wildman–Crippen MR) is 82.4 cm³/mol. The van der Waals surface area contributed by atoms with Crippen LogP contribution in [0.15, 0.2) is 47.4 Å². The van der Waals surface area contributed by atoms with E-state index in [1.54, 1.807) is 30.3 Å². The fourth-order valence-electron chi connectivity index (χ4n) is 1.90. The maximum atomic E-state index is 12.6. The molecular formula is C15H18N2O2S. The number of sulfonamides is 1. The molecule has 2 rings (SSSR count). The summed E-state index contributed by atoms with van der Waals surface area (Å²) in [5.74, 6) is 0. The molecule has 106 valence electrons. The van der Waals surface area contributed by atoms with Crippen LogP contribution in [0.4, 0.5) is 11.4 Å². The van der Waals surface area contributed by atoms with Crippen LogP contribution >= 0.6 is 0 Å². The van der Waals surface area contributed by atoms with Gasteiger partial charge >= 0.3 is 0 Å². The monoisotopic (exact) mass is 290 g/mol. The minimum Gasteiger partial charge on any atom is -0.398 e. The van der Waals surface area contributed by atoms with Crippen LogP contribution in [0.25, 0.3) is 0 Å². The second-order valence-electron chi connectivity index (χ2n) is 4.83. The van der Waals surface area contributed by atoms with Crippen molar-refractivity contribution < 1.29 is 8.42 Å². The second-order valence-corrected chi connectivity index (χ2v) is 6.80. The number of benzene rings is 2. The standard InChI is InChI=1S/C15H18N2O2S/c1-11-5-4-6-14(9-11)20(18,19)17(3)13-8-7-12(2)15(16)10-13/h4-10H,16H2,1-3H3. The van der Waals surface area contributed by atoms with Crippen molar-refractivity contribution in [2.24, 2.45) is 0 Å². The van der Waals surface area contributed by atoms with E-state index in [1.165, 1.54) is 11.4 Å². The molecule has 0 atom stereocenters. The van der Waals surface area contributed by atoms with Gasteiger partial charge in [-0.1, -0.05) is 18.2 Å². The second kappa shape index (κ2) is 5.17. The summed E-state index contributed by atoms with van der Waals surface area (Å²) in [6.07, 6.45) is 0. The molecule has 4 nitrogen and oxygen atoms in total. The van der Waals surface area contributed by atoms with Crippen molar-refractivity contribution >= 4 is 21.4 Å². The van der Waals surface area contributed by atoms with Crippen molar-refractivity contribution in [1.29, 1.82) is 0 Å². The SMILES string of the molecule is Cc1cccc(S(=O)(=O)N(C)c2ccc(C)c(N)c2)c1. The van der Waals surface area contributed by atoms with Crippen LogP contribution in [-0.2, 0) is 10.0 Å². The van der Waals surface area contributed by atoms with Crippen LogP contribution in [-0.4, -0.2) is 15.5 Å². The molecular weight excluding hydrogens is 272 g/mol. The van der Waals surface area contributed by atoms with E-state index in [4.69, 9.17) is 5.73 Å². The van der Waals surface area contributed by atoms with Crippen molar-refractivity contribution in [3.63, 3.8) is 0 Å². The fourth-order valence-corrected chi connectivity index (χ4v) is 3.19. The van der Waals surface area contributed by atoms with Gasteiger partial charge in [0, 0.05) is 12.7 Å². The molecule has 0 aliphatic rings. The van der Waals surface area contributed by atoms with Gasteiger partial charge in [-0.2, -0.15) is 0 Å². The van der Waals surface area contributed by atoms with E-state index in [0.29, 0.717) is 11.4 Å². The Labute approximate surface area is 119 Å². The molecule has 0 fully saturated rings. The molecule has 0 spiro atoms. The van der Waals surface area contributed by atoms with Crippen LogP contribution < -0.4 is 10.0 Å². The Balaban J connectivity index is 2.46. The van der Waals surface area contributed by atoms with Crippen molar-refractivity contribution in [3.8, 4) is 0 Å². The smallest absolute Gasteiger partial charge is 0.264 e. The molecule has 2 N–H and O–H groups in total. The van der Waals surface area contributed by atoms with Gasteiger partial charge in [0.25, 0.3) is 10.0 Å². The van der Waals surface area contributed by atoms with Crippen LogP contribution in [0.2, 0.25) is 0 Å². The van der Waals surface area contributed by atoms with Crippen molar-refractivity contribution in [2.75, 3.05) is 17.1 Å². The van der Waals surface area contributed by atoms with Gasteiger partial charge in [-0.15, -0.1) is 0 Å². The summed E-state index contributed by atoms with van der Waals surface area (Å²) in [5, 5.41) is 0. The zero-order valence-corrected chi connectivity index (χ0v) is 12.6. The number of rotatable bonds is 3. The average molecular weight is 290 g/mol. The molecule has 0 aliphatic heterocycles. The van der Waals surface area contributed by atoms with Crippen molar-refractivity contribution in [3.05, 3.63) is 53.6 Å². The summed E-state index contributed by atoms with van der Waals surface area (Å²) >= 11 is 0. The summed E-state index contributed by atoms with van der Waals surface area (Å²) in [7, 11) is -2.04. The molecule has 2 aromatic carbocycles. The van der Waals surface area contributed by atoms with Crippen LogP contribution in [0.3, 0.4) is 0 Å². The molecule has 0 heterocycles. The lowest BCUT2D eigenvalue weighted by atomic mass is 10.2. The summed E-state index contributed by atoms with van der Waals surface area (Å²) in [6, 6.07) is 12.1. The summed E-state index contributed by atoms with van der Waals surface area (Å²) in [4.78, 5) is 0.277. The lowest BCUT2D eigenvalue weighted by Gasteiger charge is -2.20. The molecule has 0 aromatic heterocycles. The van der Waals surface area contributed by atoms with Crippen LogP contribution in [0.5, 0.6) is 0 Å². The molecule has 0 saturated carbocycles. The zero-order valence-electron chi connectivity index (χ0n) is 11.8. The number of nitrogens with zero attached hydrogens (tertiary/aromatic N) is 1. The van der Waals surface area contributed by atoms with Gasteiger partial charge in [0.05, 0.1) is 10.6 Å². The number of hydrogen-bond acceptors (Lipinski definition) is 3. The molecule has 0 bridgehead atoms. The predicted octanol–water partition coefficient (Wildman–Crippen LogP) is 2.71. The van der Waals surface area contributed by atoms with Gasteiger partial charge in [0.2, 0.25) is 0 Å². The van der Waals surface area contributed by atoms with E-state index in [9.17, 15) is 8.42 Å². The highest BCUT2D eigenvalue weighted by Crippen LogP contribution is 2.25. The molecule has 0 radical (unpaired) electrons. The first-order valence-electron chi connectivity index (χ1n) is 6.24. The Kier molecular flexibility index (Phi) is 3.72. The number of hydrogen-bond donors (Lipinski definition) is 1. The van der Waals surface area contributed by atoms with Gasteiger partial charge in [-0.3, -0.25) is 4.31 Å². The maximum absolute atomic E-state index is 12.6. The van der Waals surface area contributed by atoms with E-state index in [1.807, 2.05) is 26.0 Å². The van der Waals surface area contributed by atoms with Crippen LogP contribution in [0.1, 0.15) is 11.1 Å². The summed E-state index contributed by atoms with van der Waals surface area (Å²) < 4.78 is 26.4. The van der Waals surface area contributed by atoms with E-state index < -0.39 is 10.0 Å². The fraction of sp³-hybridized carbons (Fsp3) is 0.200. The van der Waals surface area contributed by atoms with E-state index in [-0.39, 0.29) is 4.90 Å². The van der Waals surface area contributed by atoms with Crippen molar-refractivity contribution in [2.45, 2.75) is 18.7 Å². The molecule has 2 aromatic rings. The molecule has 0 aliphatic carbocycles. The number of nitrogens with two attached hydrogens (primary N) is 1. The van der Waals surface area contributed by atoms with Gasteiger partial charge in [-0.25, -0.2) is 8.42 Å². The first-order valence-corrected chi connectivity index (χ1v) is 7.68. The summed E-state index contributed by atoms with van der Waals surface area (Å²) in [5.41, 5.74) is 8.80. The van der Waals surface area contributed by atoms with Gasteiger partial charge in [0.15, 0.2) is 0 Å². The average Bonchev–Trinajstić information content (AvgIpc) is 2.41. The Bertz CT molecular complexity index is 739. The third-order valence-electron chi connectivity index (χ3n) is 3.27. The van der Waals surface area contributed by atoms with E-state index in [2.05, 4.69) is 0 Å². The molecule has 0 amide bonds. The maximum Gasteiger partial charge on any atom is 0.264 e. The minimum absolute atomic E-state index is 0.277. The highest BCUT2D eigenvalue weighted by atomic mass is 32.2. The summed E-state index contributed by atoms with van der Waals surface area (Å²) in [6.45, 7) is 3.75. The van der Waals surface area contributed by atoms with E-state index in [0.717, 1.165) is 11.1 Å². The Morgan fingerprint density at radius 2 is 1.75 bits per heavy atom. The third kappa shape index (κ3) is 2.63. The first-order chi connectivity index (χ1) is 9.32. The Morgan fingerprint density at radius 1 is 1.05 bits per heavy atom. The molecule has 20 heavy (non-hydrogen) atoms. The largest absolute Gasteiger partial charge is 0.398 e. The number of aryl methyl sites for hydroxylation is 2. The first kappa shape index (κ1) is 14.4. The molecule has 0 unspecified atom stereocenters. The van der Waals surface area contributed by atoms with Crippen LogP contribution in [0, 0.1) is 13.8 Å². The highest BCUT2D eigenvalue weighted by Gasteiger charge is 2.21. The van der Waals surface area contributed by atoms with E-state index >= 15 is 0 Å². The minimum atomic E-state index is -3.57. The lowest BCUT2D eigenvalue weighted by molar-refractivity contribution is 0.594. The zero-order chi connectivity index (χ0) is 14.9. The van der Waals surface area contributed by atoms with Crippen molar-refractivity contribution in [1.82, 2.24) is 0 Å². The molecule has 0 saturated heterocycles. The Morgan fingerprint density at radius 3 is 2.35 bits per heavy atom. The number of nitrogen functional groups attached to an aromatic ring is 1. The quantitative estimate of drug-likeness (QED) is 0.884. The number of anilines is 2. The Hall–Kier alpha value is -2.01. The molecule has 5 heteroatoms. The van der Waals surface area contributed by atoms with Gasteiger partial charge in [0.1, 0.15) is 0 Å². The normalized spacial score (nSPS) is 11.3. The lowest BCUT2D eigenvalue weighted by Crippen LogP contribution is -2.26.